The van der Waals surface area contributed by atoms with E-state index < -0.39 is 0 Å². The zero-order chi connectivity index (χ0) is 28.8. The molecular formula is C34H42N4O3. The summed E-state index contributed by atoms with van der Waals surface area (Å²) in [6.45, 7) is 4.91. The molecule has 2 atom stereocenters. The Morgan fingerprint density at radius 1 is 0.902 bits per heavy atom. The van der Waals surface area contributed by atoms with E-state index in [1.165, 1.54) is 5.56 Å². The van der Waals surface area contributed by atoms with E-state index in [9.17, 15) is 9.59 Å². The van der Waals surface area contributed by atoms with E-state index in [1.54, 1.807) is 14.0 Å². The predicted molar refractivity (Wildman–Crippen MR) is 164 cm³/mol. The van der Waals surface area contributed by atoms with Crippen LogP contribution in [0.15, 0.2) is 78.9 Å². The quantitative estimate of drug-likeness (QED) is 0.395. The van der Waals surface area contributed by atoms with Crippen molar-refractivity contribution in [2.45, 2.75) is 57.8 Å². The molecule has 0 aromatic heterocycles. The number of amides is 2. The molecule has 0 spiro atoms. The van der Waals surface area contributed by atoms with E-state index in [0.29, 0.717) is 38.6 Å². The van der Waals surface area contributed by atoms with Gasteiger partial charge in [0.25, 0.3) is 0 Å². The Morgan fingerprint density at radius 2 is 1.61 bits per heavy atom. The number of carbonyl (C=O) groups excluding carboxylic acids is 2. The normalized spacial score (nSPS) is 19.3. The average molecular weight is 555 g/mol. The minimum Gasteiger partial charge on any atom is -0.495 e. The highest BCUT2D eigenvalue weighted by Gasteiger charge is 2.36. The van der Waals surface area contributed by atoms with Gasteiger partial charge in [0.05, 0.1) is 12.8 Å². The number of fused-ring (bicyclic) bond motifs is 3. The van der Waals surface area contributed by atoms with Gasteiger partial charge in [-0.05, 0) is 48.6 Å². The maximum atomic E-state index is 14.0. The third kappa shape index (κ3) is 6.73. The number of nitrogens with zero attached hydrogens (tertiary/aromatic N) is 4. The van der Waals surface area contributed by atoms with Crippen molar-refractivity contribution in [2.24, 2.45) is 0 Å². The molecule has 2 aliphatic rings. The molecule has 2 aliphatic heterocycles. The summed E-state index contributed by atoms with van der Waals surface area (Å²) in [4.78, 5) is 35.5. The van der Waals surface area contributed by atoms with Gasteiger partial charge < -0.3 is 19.4 Å². The minimum absolute atomic E-state index is 0.0390. The zero-order valence-electron chi connectivity index (χ0n) is 24.5. The van der Waals surface area contributed by atoms with Gasteiger partial charge >= 0.3 is 0 Å². The van der Waals surface area contributed by atoms with E-state index in [0.717, 1.165) is 48.5 Å². The second kappa shape index (κ2) is 13.2. The molecule has 5 rings (SSSR count). The molecule has 2 heterocycles. The van der Waals surface area contributed by atoms with Gasteiger partial charge in [0, 0.05) is 70.9 Å². The first-order valence-electron chi connectivity index (χ1n) is 14.7. The van der Waals surface area contributed by atoms with Crippen molar-refractivity contribution >= 4 is 23.2 Å². The smallest absolute Gasteiger partial charge is 0.224 e. The third-order valence-electron chi connectivity index (χ3n) is 8.63. The maximum absolute atomic E-state index is 14.0. The molecule has 2 bridgehead atoms. The zero-order valence-corrected chi connectivity index (χ0v) is 24.5. The molecule has 3 aromatic carbocycles. The Bertz CT molecular complexity index is 1330. The lowest BCUT2D eigenvalue weighted by molar-refractivity contribution is -0.132. The summed E-state index contributed by atoms with van der Waals surface area (Å²) < 4.78 is 5.55. The summed E-state index contributed by atoms with van der Waals surface area (Å²) in [7, 11) is 3.67. The number of ether oxygens (including phenoxy) is 1. The summed E-state index contributed by atoms with van der Waals surface area (Å²) in [5.41, 5.74) is 4.18. The molecule has 1 saturated heterocycles. The first kappa shape index (κ1) is 28.7. The van der Waals surface area contributed by atoms with Crippen LogP contribution in [0.25, 0.3) is 0 Å². The molecule has 3 aromatic rings. The van der Waals surface area contributed by atoms with Crippen molar-refractivity contribution in [2.75, 3.05) is 43.6 Å². The number of benzene rings is 3. The number of para-hydroxylation sites is 3. The van der Waals surface area contributed by atoms with Gasteiger partial charge in [0.1, 0.15) is 5.75 Å². The van der Waals surface area contributed by atoms with Gasteiger partial charge in [-0.15, -0.1) is 0 Å². The van der Waals surface area contributed by atoms with Crippen LogP contribution in [-0.4, -0.2) is 67.5 Å². The van der Waals surface area contributed by atoms with E-state index >= 15 is 0 Å². The first-order chi connectivity index (χ1) is 19.9. The third-order valence-corrected chi connectivity index (χ3v) is 8.63. The molecule has 2 amide bonds. The number of rotatable bonds is 7. The highest BCUT2D eigenvalue weighted by atomic mass is 16.5. The van der Waals surface area contributed by atoms with E-state index in [2.05, 4.69) is 46.2 Å². The van der Waals surface area contributed by atoms with Crippen LogP contribution in [0.5, 0.6) is 5.75 Å². The van der Waals surface area contributed by atoms with Crippen molar-refractivity contribution in [1.82, 2.24) is 9.80 Å². The Morgan fingerprint density at radius 3 is 2.39 bits per heavy atom. The monoisotopic (exact) mass is 554 g/mol. The summed E-state index contributed by atoms with van der Waals surface area (Å²) in [6.07, 6.45) is 3.42. The van der Waals surface area contributed by atoms with Crippen molar-refractivity contribution in [3.63, 3.8) is 0 Å². The van der Waals surface area contributed by atoms with Gasteiger partial charge in [-0.3, -0.25) is 14.5 Å². The predicted octanol–water partition coefficient (Wildman–Crippen LogP) is 5.34. The van der Waals surface area contributed by atoms with Gasteiger partial charge in [0.15, 0.2) is 0 Å². The van der Waals surface area contributed by atoms with E-state index in [-0.39, 0.29) is 17.9 Å². The first-order valence-corrected chi connectivity index (χ1v) is 14.7. The molecule has 1 fully saturated rings. The molecule has 216 valence electrons. The van der Waals surface area contributed by atoms with Crippen LogP contribution >= 0.6 is 0 Å². The van der Waals surface area contributed by atoms with E-state index in [1.807, 2.05) is 59.3 Å². The van der Waals surface area contributed by atoms with Crippen molar-refractivity contribution in [1.29, 1.82) is 0 Å². The SMILES string of the molecule is COc1ccccc1N(C)CCC(=O)N1Cc2ccccc2N(C(C)=O)CC[C@@H]2CC[C@H](C1)N2Cc1ccccc1. The van der Waals surface area contributed by atoms with Crippen molar-refractivity contribution in [3.8, 4) is 5.75 Å². The van der Waals surface area contributed by atoms with Crippen LogP contribution in [0.4, 0.5) is 11.4 Å². The number of anilines is 2. The molecule has 0 unspecified atom stereocenters. The lowest BCUT2D eigenvalue weighted by Crippen LogP contribution is -2.45. The number of hydrogen-bond acceptors (Lipinski definition) is 5. The molecule has 0 aliphatic carbocycles. The summed E-state index contributed by atoms with van der Waals surface area (Å²) in [6, 6.07) is 27.2. The van der Waals surface area contributed by atoms with Gasteiger partial charge in [-0.2, -0.15) is 0 Å². The van der Waals surface area contributed by atoms with E-state index in [4.69, 9.17) is 4.74 Å². The van der Waals surface area contributed by atoms with Crippen molar-refractivity contribution < 1.29 is 14.3 Å². The second-order valence-electron chi connectivity index (χ2n) is 11.2. The summed E-state index contributed by atoms with van der Waals surface area (Å²) in [5.74, 6) is 0.958. The standard InChI is InChI=1S/C34H42N4O3/c1-26(39)37-22-19-29-17-18-30(38(29)23-27-11-5-4-6-12-27)25-36(24-28-13-7-8-14-31(28)37)34(40)20-21-35(2)32-15-9-10-16-33(32)41-3/h4-16,29-30H,17-25H2,1-3H3/t29-,30+/m0/s1. The minimum atomic E-state index is 0.0390. The molecule has 41 heavy (non-hydrogen) atoms. The average Bonchev–Trinajstić information content (AvgIpc) is 3.35. The molecule has 0 radical (unpaired) electrons. The lowest BCUT2D eigenvalue weighted by atomic mass is 10.1. The van der Waals surface area contributed by atoms with Crippen LogP contribution in [0, 0.1) is 0 Å². The molecular weight excluding hydrogens is 512 g/mol. The van der Waals surface area contributed by atoms with Crippen molar-refractivity contribution in [3.05, 3.63) is 90.0 Å². The summed E-state index contributed by atoms with van der Waals surface area (Å²) in [5, 5.41) is 0. The second-order valence-corrected chi connectivity index (χ2v) is 11.2. The number of carbonyl (C=O) groups is 2. The van der Waals surface area contributed by atoms with Crippen LogP contribution in [0.3, 0.4) is 0 Å². The Hall–Kier alpha value is -3.84. The number of hydrogen-bond donors (Lipinski definition) is 0. The van der Waals surface area contributed by atoms with Gasteiger partial charge in [0.2, 0.25) is 11.8 Å². The largest absolute Gasteiger partial charge is 0.495 e. The fraction of sp³-hybridized carbons (Fsp3) is 0.412. The van der Waals surface area contributed by atoms with Crippen LogP contribution < -0.4 is 14.5 Å². The Kier molecular flexibility index (Phi) is 9.24. The Labute approximate surface area is 244 Å². The topological polar surface area (TPSA) is 56.3 Å². The van der Waals surface area contributed by atoms with Gasteiger partial charge in [-0.25, -0.2) is 0 Å². The van der Waals surface area contributed by atoms with Crippen LogP contribution in [-0.2, 0) is 22.7 Å². The molecule has 0 N–H and O–H groups in total. The Balaban J connectivity index is 1.42. The van der Waals surface area contributed by atoms with Crippen LogP contribution in [0.2, 0.25) is 0 Å². The highest BCUT2D eigenvalue weighted by Crippen LogP contribution is 2.33. The summed E-state index contributed by atoms with van der Waals surface area (Å²) >= 11 is 0. The molecule has 7 heteroatoms. The maximum Gasteiger partial charge on any atom is 0.224 e. The van der Waals surface area contributed by atoms with Crippen LogP contribution in [0.1, 0.15) is 43.7 Å². The number of methoxy groups -OCH3 is 1. The lowest BCUT2D eigenvalue weighted by Gasteiger charge is -2.34. The molecule has 0 saturated carbocycles. The fourth-order valence-corrected chi connectivity index (χ4v) is 6.41. The van der Waals surface area contributed by atoms with Gasteiger partial charge in [-0.1, -0.05) is 60.7 Å². The fourth-order valence-electron chi connectivity index (χ4n) is 6.41. The highest BCUT2D eigenvalue weighted by molar-refractivity contribution is 5.92. The molecule has 7 nitrogen and oxygen atoms in total.